The molecule has 3 aliphatic rings. The van der Waals surface area contributed by atoms with Crippen molar-refractivity contribution in [3.63, 3.8) is 0 Å². The SMILES string of the molecule is C=C(C)C[C@@H](C(=O)N[C@@H](CCC)C(OC1CC1)C(=O)NC1CC1)N(C)C(=O)[C@@H](NC(=C)O[C@H]1CCOC1)C(C)(C)C. The number of hydrogen-bond donors (Lipinski definition) is 3. The molecule has 0 spiro atoms. The highest BCUT2D eigenvalue weighted by Gasteiger charge is 2.41. The summed E-state index contributed by atoms with van der Waals surface area (Å²) in [5, 5.41) is 9.31. The standard InChI is InChI=1S/C31H52N4O6/c1-9-10-24(26(41-22-13-14-22)29(37)33-21-11-12-21)34-28(36)25(17-19(2)3)35(8)30(38)27(31(5,6)7)32-20(4)40-23-15-16-39-18-23/h21-27,32H,2,4,9-18H2,1,3,5-8H3,(H,33,37)(H,34,36)/t23-,24-,25-,26?,27+/m0/s1. The normalized spacial score (nSPS) is 21.7. The Hall–Kier alpha value is -2.59. The summed E-state index contributed by atoms with van der Waals surface area (Å²) in [5.41, 5.74) is 0.256. The lowest BCUT2D eigenvalue weighted by Gasteiger charge is -2.38. The maximum Gasteiger partial charge on any atom is 0.251 e. The zero-order valence-corrected chi connectivity index (χ0v) is 25.9. The smallest absolute Gasteiger partial charge is 0.251 e. The van der Waals surface area contributed by atoms with Gasteiger partial charge in [-0.3, -0.25) is 14.4 Å². The van der Waals surface area contributed by atoms with Crippen LogP contribution in [-0.4, -0.2) is 85.4 Å². The molecule has 0 bridgehead atoms. The van der Waals surface area contributed by atoms with Gasteiger partial charge in [-0.1, -0.05) is 39.7 Å². The van der Waals surface area contributed by atoms with E-state index in [4.69, 9.17) is 14.2 Å². The van der Waals surface area contributed by atoms with Crippen LogP contribution in [0.3, 0.4) is 0 Å². The van der Waals surface area contributed by atoms with E-state index in [2.05, 4.69) is 29.1 Å². The summed E-state index contributed by atoms with van der Waals surface area (Å²) in [6.45, 7) is 18.8. The van der Waals surface area contributed by atoms with E-state index in [0.717, 1.165) is 44.1 Å². The first-order chi connectivity index (χ1) is 19.3. The quantitative estimate of drug-likeness (QED) is 0.180. The van der Waals surface area contributed by atoms with Crippen molar-refractivity contribution in [2.75, 3.05) is 20.3 Å². The van der Waals surface area contributed by atoms with Crippen molar-refractivity contribution in [3.05, 3.63) is 24.6 Å². The highest BCUT2D eigenvalue weighted by atomic mass is 16.6. The van der Waals surface area contributed by atoms with Crippen LogP contribution in [0.2, 0.25) is 0 Å². The molecule has 1 aliphatic heterocycles. The molecule has 41 heavy (non-hydrogen) atoms. The molecule has 2 aliphatic carbocycles. The molecule has 0 radical (unpaired) electrons. The maximum absolute atomic E-state index is 14.0. The van der Waals surface area contributed by atoms with E-state index in [-0.39, 0.29) is 42.4 Å². The Morgan fingerprint density at radius 1 is 1.02 bits per heavy atom. The van der Waals surface area contributed by atoms with Gasteiger partial charge < -0.3 is 35.1 Å². The first-order valence-corrected chi connectivity index (χ1v) is 15.2. The monoisotopic (exact) mass is 576 g/mol. The van der Waals surface area contributed by atoms with Gasteiger partial charge in [0, 0.05) is 19.5 Å². The molecule has 3 rings (SSSR count). The molecular weight excluding hydrogens is 524 g/mol. The number of carbonyl (C=O) groups excluding carboxylic acids is 3. The molecule has 3 amide bonds. The molecule has 1 saturated heterocycles. The Morgan fingerprint density at radius 3 is 2.22 bits per heavy atom. The molecule has 232 valence electrons. The third kappa shape index (κ3) is 10.3. The van der Waals surface area contributed by atoms with Crippen LogP contribution in [0.4, 0.5) is 0 Å². The summed E-state index contributed by atoms with van der Waals surface area (Å²) in [7, 11) is 1.64. The Kier molecular flexibility index (Phi) is 11.7. The molecule has 5 atom stereocenters. The van der Waals surface area contributed by atoms with Gasteiger partial charge in [-0.2, -0.15) is 0 Å². The number of carbonyl (C=O) groups is 3. The van der Waals surface area contributed by atoms with Crippen LogP contribution in [0.1, 0.15) is 86.0 Å². The molecule has 3 N–H and O–H groups in total. The number of rotatable bonds is 17. The third-order valence-corrected chi connectivity index (χ3v) is 7.61. The van der Waals surface area contributed by atoms with Gasteiger partial charge in [0.15, 0.2) is 12.0 Å². The van der Waals surface area contributed by atoms with Crippen LogP contribution in [0, 0.1) is 5.41 Å². The van der Waals surface area contributed by atoms with Gasteiger partial charge in [-0.25, -0.2) is 0 Å². The van der Waals surface area contributed by atoms with E-state index >= 15 is 0 Å². The number of nitrogens with one attached hydrogen (secondary N) is 3. The summed E-state index contributed by atoms with van der Waals surface area (Å²) < 4.78 is 17.4. The second-order valence-corrected chi connectivity index (χ2v) is 13.0. The first-order valence-electron chi connectivity index (χ1n) is 15.2. The van der Waals surface area contributed by atoms with Gasteiger partial charge in [0.1, 0.15) is 18.2 Å². The maximum atomic E-state index is 14.0. The molecule has 1 unspecified atom stereocenters. The predicted molar refractivity (Wildman–Crippen MR) is 158 cm³/mol. The lowest BCUT2D eigenvalue weighted by molar-refractivity contribution is -0.144. The van der Waals surface area contributed by atoms with Crippen LogP contribution < -0.4 is 16.0 Å². The summed E-state index contributed by atoms with van der Waals surface area (Å²) in [6, 6.07) is -1.85. The summed E-state index contributed by atoms with van der Waals surface area (Å²) in [4.78, 5) is 42.5. The van der Waals surface area contributed by atoms with Crippen molar-refractivity contribution >= 4 is 17.7 Å². The molecule has 0 aromatic heterocycles. The van der Waals surface area contributed by atoms with E-state index in [0.29, 0.717) is 25.5 Å². The minimum Gasteiger partial charge on any atom is -0.474 e. The van der Waals surface area contributed by atoms with Gasteiger partial charge in [0.05, 0.1) is 25.4 Å². The molecule has 0 aromatic rings. The van der Waals surface area contributed by atoms with Crippen molar-refractivity contribution in [1.29, 1.82) is 0 Å². The molecule has 0 aromatic carbocycles. The molecular formula is C31H52N4O6. The van der Waals surface area contributed by atoms with Gasteiger partial charge >= 0.3 is 0 Å². The highest BCUT2D eigenvalue weighted by molar-refractivity contribution is 5.91. The first kappa shape index (κ1) is 32.9. The van der Waals surface area contributed by atoms with Crippen molar-refractivity contribution in [3.8, 4) is 0 Å². The summed E-state index contributed by atoms with van der Waals surface area (Å²) in [6.07, 6.45) is 5.31. The van der Waals surface area contributed by atoms with E-state index in [9.17, 15) is 14.4 Å². The van der Waals surface area contributed by atoms with Crippen molar-refractivity contribution in [1.82, 2.24) is 20.9 Å². The van der Waals surface area contributed by atoms with Crippen molar-refractivity contribution in [2.24, 2.45) is 5.41 Å². The number of nitrogens with zero attached hydrogens (tertiary/aromatic N) is 1. The Morgan fingerprint density at radius 2 is 1.71 bits per heavy atom. The largest absolute Gasteiger partial charge is 0.474 e. The number of amides is 3. The van der Waals surface area contributed by atoms with Gasteiger partial charge in [-0.15, -0.1) is 6.58 Å². The van der Waals surface area contributed by atoms with E-state index in [1.165, 1.54) is 4.90 Å². The average molecular weight is 577 g/mol. The van der Waals surface area contributed by atoms with Gasteiger partial charge in [0.25, 0.3) is 5.91 Å². The second kappa shape index (κ2) is 14.5. The van der Waals surface area contributed by atoms with Crippen LogP contribution in [0.25, 0.3) is 0 Å². The minimum atomic E-state index is -0.823. The fourth-order valence-corrected chi connectivity index (χ4v) is 4.89. The number of ether oxygens (including phenoxy) is 3. The van der Waals surface area contributed by atoms with E-state index in [1.807, 2.05) is 34.6 Å². The molecule has 1 heterocycles. The minimum absolute atomic E-state index is 0.0430. The van der Waals surface area contributed by atoms with Crippen LogP contribution in [0.15, 0.2) is 24.6 Å². The lowest BCUT2D eigenvalue weighted by atomic mass is 9.85. The highest BCUT2D eigenvalue weighted by Crippen LogP contribution is 2.28. The molecule has 10 nitrogen and oxygen atoms in total. The fraction of sp³-hybridized carbons (Fsp3) is 0.774. The van der Waals surface area contributed by atoms with Crippen LogP contribution in [0.5, 0.6) is 0 Å². The van der Waals surface area contributed by atoms with Crippen LogP contribution >= 0.6 is 0 Å². The molecule has 2 saturated carbocycles. The molecule has 3 fully saturated rings. The number of hydrogen-bond acceptors (Lipinski definition) is 7. The van der Waals surface area contributed by atoms with Crippen molar-refractivity contribution in [2.45, 2.75) is 128 Å². The van der Waals surface area contributed by atoms with E-state index in [1.54, 1.807) is 7.05 Å². The lowest BCUT2D eigenvalue weighted by Crippen LogP contribution is -2.59. The Balaban J connectivity index is 1.76. The predicted octanol–water partition coefficient (Wildman–Crippen LogP) is 3.17. The summed E-state index contributed by atoms with van der Waals surface area (Å²) >= 11 is 0. The second-order valence-electron chi connectivity index (χ2n) is 13.0. The van der Waals surface area contributed by atoms with Crippen LogP contribution in [-0.2, 0) is 28.6 Å². The zero-order valence-electron chi connectivity index (χ0n) is 25.9. The van der Waals surface area contributed by atoms with Gasteiger partial charge in [-0.05, 0) is 57.4 Å². The summed E-state index contributed by atoms with van der Waals surface area (Å²) in [5.74, 6) is -0.484. The fourth-order valence-electron chi connectivity index (χ4n) is 4.89. The van der Waals surface area contributed by atoms with Gasteiger partial charge in [0.2, 0.25) is 11.8 Å². The zero-order chi connectivity index (χ0) is 30.3. The Bertz CT molecular complexity index is 949. The van der Waals surface area contributed by atoms with Crippen molar-refractivity contribution < 1.29 is 28.6 Å². The van der Waals surface area contributed by atoms with E-state index < -0.39 is 29.6 Å². The third-order valence-electron chi connectivity index (χ3n) is 7.61. The molecule has 10 heteroatoms. The number of likely N-dealkylation sites (N-methyl/N-ethyl adjacent to an activating group) is 1. The Labute approximate surface area is 246 Å². The average Bonchev–Trinajstić information content (AvgIpc) is 3.82. The topological polar surface area (TPSA) is 118 Å².